The lowest BCUT2D eigenvalue weighted by atomic mass is 10.0. The minimum atomic E-state index is -0.151. The maximum atomic E-state index is 12.1. The monoisotopic (exact) mass is 286 g/mol. The average molecular weight is 287 g/mol. The molecule has 1 aliphatic rings. The van der Waals surface area contributed by atoms with E-state index in [1.807, 2.05) is 0 Å². The normalized spacial score (nSPS) is 23.1. The lowest BCUT2D eigenvalue weighted by Crippen LogP contribution is -2.39. The highest BCUT2D eigenvalue weighted by Gasteiger charge is 2.28. The fourth-order valence-electron chi connectivity index (χ4n) is 2.43. The molecule has 1 aromatic carbocycles. The van der Waals surface area contributed by atoms with E-state index in [2.05, 4.69) is 5.32 Å². The van der Waals surface area contributed by atoms with Crippen molar-refractivity contribution in [3.63, 3.8) is 0 Å². The molecule has 1 saturated carbocycles. The molecule has 98 valence electrons. The topological polar surface area (TPSA) is 55.1 Å². The highest BCUT2D eigenvalue weighted by molar-refractivity contribution is 6.36. The van der Waals surface area contributed by atoms with Crippen LogP contribution in [0.4, 0.5) is 0 Å². The lowest BCUT2D eigenvalue weighted by molar-refractivity contribution is 0.0929. The predicted octanol–water partition coefficient (Wildman–Crippen LogP) is 2.85. The van der Waals surface area contributed by atoms with Crippen molar-refractivity contribution in [2.45, 2.75) is 25.3 Å². The molecular formula is C13H16Cl2N2O. The largest absolute Gasteiger partial charge is 0.349 e. The molecule has 18 heavy (non-hydrogen) atoms. The van der Waals surface area contributed by atoms with Crippen molar-refractivity contribution < 1.29 is 4.79 Å². The van der Waals surface area contributed by atoms with Crippen molar-refractivity contribution in [2.24, 2.45) is 11.7 Å². The molecule has 2 atom stereocenters. The van der Waals surface area contributed by atoms with E-state index in [1.165, 1.54) is 0 Å². The molecule has 1 amide bonds. The van der Waals surface area contributed by atoms with Crippen LogP contribution in [0.5, 0.6) is 0 Å². The van der Waals surface area contributed by atoms with Crippen molar-refractivity contribution in [1.29, 1.82) is 0 Å². The van der Waals surface area contributed by atoms with E-state index in [0.717, 1.165) is 19.3 Å². The van der Waals surface area contributed by atoms with Gasteiger partial charge in [0.2, 0.25) is 0 Å². The molecule has 1 aromatic rings. The highest BCUT2D eigenvalue weighted by atomic mass is 35.5. The molecule has 0 aliphatic heterocycles. The molecule has 0 spiro atoms. The van der Waals surface area contributed by atoms with Gasteiger partial charge in [-0.25, -0.2) is 0 Å². The summed E-state index contributed by atoms with van der Waals surface area (Å²) in [5.74, 6) is 0.224. The van der Waals surface area contributed by atoms with E-state index in [4.69, 9.17) is 28.9 Å². The molecule has 5 heteroatoms. The Kier molecular flexibility index (Phi) is 4.49. The van der Waals surface area contributed by atoms with E-state index < -0.39 is 0 Å². The number of carbonyl (C=O) groups is 1. The fraction of sp³-hybridized carbons (Fsp3) is 0.462. The first-order valence-electron chi connectivity index (χ1n) is 6.08. The van der Waals surface area contributed by atoms with Crippen LogP contribution in [0.1, 0.15) is 29.6 Å². The Morgan fingerprint density at radius 3 is 2.83 bits per heavy atom. The van der Waals surface area contributed by atoms with Gasteiger partial charge in [-0.1, -0.05) is 29.6 Å². The third-order valence-corrected chi connectivity index (χ3v) is 4.00. The number of carbonyl (C=O) groups excluding carboxylic acids is 1. The van der Waals surface area contributed by atoms with Crippen molar-refractivity contribution >= 4 is 29.1 Å². The maximum absolute atomic E-state index is 12.1. The number of nitrogens with one attached hydrogen (secondary N) is 1. The third kappa shape index (κ3) is 2.97. The summed E-state index contributed by atoms with van der Waals surface area (Å²) in [4.78, 5) is 12.1. The molecule has 2 rings (SSSR count). The van der Waals surface area contributed by atoms with Gasteiger partial charge >= 0.3 is 0 Å². The Hall–Kier alpha value is -0.770. The summed E-state index contributed by atoms with van der Waals surface area (Å²) in [6.07, 6.45) is 3.18. The standard InChI is InChI=1S/C13H16Cl2N2O/c14-9-4-5-10(11(15)6-9)13(18)17-12-3-1-2-8(12)7-16/h4-6,8,12H,1-3,7,16H2,(H,17,18). The molecule has 1 fully saturated rings. The van der Waals surface area contributed by atoms with Crippen LogP contribution < -0.4 is 11.1 Å². The molecule has 0 saturated heterocycles. The van der Waals surface area contributed by atoms with E-state index in [9.17, 15) is 4.79 Å². The Bertz CT molecular complexity index is 451. The Labute approximate surface area is 117 Å². The Morgan fingerprint density at radius 2 is 2.17 bits per heavy atom. The molecule has 0 radical (unpaired) electrons. The van der Waals surface area contributed by atoms with Gasteiger partial charge in [-0.15, -0.1) is 0 Å². The van der Waals surface area contributed by atoms with Gasteiger partial charge in [-0.3, -0.25) is 4.79 Å². The summed E-state index contributed by atoms with van der Waals surface area (Å²) in [7, 11) is 0. The van der Waals surface area contributed by atoms with Gasteiger partial charge in [-0.2, -0.15) is 0 Å². The predicted molar refractivity (Wildman–Crippen MR) is 74.1 cm³/mol. The molecule has 2 unspecified atom stereocenters. The van der Waals surface area contributed by atoms with Gasteiger partial charge < -0.3 is 11.1 Å². The summed E-state index contributed by atoms with van der Waals surface area (Å²) in [6.45, 7) is 0.610. The minimum absolute atomic E-state index is 0.151. The van der Waals surface area contributed by atoms with Crippen LogP contribution in [0.25, 0.3) is 0 Å². The second-order valence-electron chi connectivity index (χ2n) is 4.63. The van der Waals surface area contributed by atoms with Gasteiger partial charge in [0, 0.05) is 11.1 Å². The first kappa shape index (κ1) is 13.7. The summed E-state index contributed by atoms with van der Waals surface area (Å²) in [6, 6.07) is 5.05. The van der Waals surface area contributed by atoms with Crippen molar-refractivity contribution in [1.82, 2.24) is 5.32 Å². The summed E-state index contributed by atoms with van der Waals surface area (Å²) in [5, 5.41) is 3.91. The lowest BCUT2D eigenvalue weighted by Gasteiger charge is -2.19. The van der Waals surface area contributed by atoms with Crippen LogP contribution >= 0.6 is 23.2 Å². The Morgan fingerprint density at radius 1 is 1.39 bits per heavy atom. The highest BCUT2D eigenvalue weighted by Crippen LogP contribution is 2.26. The van der Waals surface area contributed by atoms with Gasteiger partial charge in [-0.05, 0) is 43.5 Å². The van der Waals surface area contributed by atoms with Crippen LogP contribution in [-0.2, 0) is 0 Å². The number of halogens is 2. The fourth-order valence-corrected chi connectivity index (χ4v) is 2.92. The zero-order valence-electron chi connectivity index (χ0n) is 9.96. The van der Waals surface area contributed by atoms with Crippen LogP contribution in [0.3, 0.4) is 0 Å². The molecule has 1 aliphatic carbocycles. The molecule has 0 aromatic heterocycles. The van der Waals surface area contributed by atoms with Gasteiger partial charge in [0.25, 0.3) is 5.91 Å². The number of hydrogen-bond acceptors (Lipinski definition) is 2. The van der Waals surface area contributed by atoms with Gasteiger partial charge in [0.1, 0.15) is 0 Å². The van der Waals surface area contributed by atoms with Crippen molar-refractivity contribution in [3.8, 4) is 0 Å². The summed E-state index contributed by atoms with van der Waals surface area (Å²) >= 11 is 11.8. The zero-order chi connectivity index (χ0) is 13.1. The van der Waals surface area contributed by atoms with E-state index in [-0.39, 0.29) is 11.9 Å². The number of hydrogen-bond donors (Lipinski definition) is 2. The first-order chi connectivity index (χ1) is 8.61. The van der Waals surface area contributed by atoms with E-state index in [0.29, 0.717) is 28.1 Å². The third-order valence-electron chi connectivity index (χ3n) is 3.45. The second-order valence-corrected chi connectivity index (χ2v) is 5.47. The van der Waals surface area contributed by atoms with E-state index >= 15 is 0 Å². The van der Waals surface area contributed by atoms with Crippen molar-refractivity contribution in [2.75, 3.05) is 6.54 Å². The molecule has 0 bridgehead atoms. The molecule has 0 heterocycles. The second kappa shape index (κ2) is 5.91. The average Bonchev–Trinajstić information content (AvgIpc) is 2.76. The van der Waals surface area contributed by atoms with Crippen molar-refractivity contribution in [3.05, 3.63) is 33.8 Å². The smallest absolute Gasteiger partial charge is 0.253 e. The van der Waals surface area contributed by atoms with Crippen LogP contribution in [0.15, 0.2) is 18.2 Å². The quantitative estimate of drug-likeness (QED) is 0.898. The van der Waals surface area contributed by atoms with Crippen LogP contribution in [-0.4, -0.2) is 18.5 Å². The molecule has 3 nitrogen and oxygen atoms in total. The number of amides is 1. The number of rotatable bonds is 3. The number of nitrogens with two attached hydrogens (primary N) is 1. The maximum Gasteiger partial charge on any atom is 0.253 e. The first-order valence-corrected chi connectivity index (χ1v) is 6.83. The zero-order valence-corrected chi connectivity index (χ0v) is 11.5. The van der Waals surface area contributed by atoms with Crippen LogP contribution in [0, 0.1) is 5.92 Å². The SMILES string of the molecule is NCC1CCCC1NC(=O)c1ccc(Cl)cc1Cl. The summed E-state index contributed by atoms with van der Waals surface area (Å²) < 4.78 is 0. The Balaban J connectivity index is 2.07. The minimum Gasteiger partial charge on any atom is -0.349 e. The molecular weight excluding hydrogens is 271 g/mol. The van der Waals surface area contributed by atoms with Gasteiger partial charge in [0.15, 0.2) is 0 Å². The van der Waals surface area contributed by atoms with Crippen LogP contribution in [0.2, 0.25) is 10.0 Å². The van der Waals surface area contributed by atoms with E-state index in [1.54, 1.807) is 18.2 Å². The number of benzene rings is 1. The summed E-state index contributed by atoms with van der Waals surface area (Å²) in [5.41, 5.74) is 6.16. The van der Waals surface area contributed by atoms with Gasteiger partial charge in [0.05, 0.1) is 10.6 Å². The molecule has 3 N–H and O–H groups in total.